The maximum atomic E-state index is 13.8. The molecule has 196 valence electrons. The van der Waals surface area contributed by atoms with E-state index in [4.69, 9.17) is 4.74 Å². The lowest BCUT2D eigenvalue weighted by Crippen LogP contribution is -2.51. The lowest BCUT2D eigenvalue weighted by molar-refractivity contribution is -0.139. The summed E-state index contributed by atoms with van der Waals surface area (Å²) in [6.45, 7) is 5.59. The molecule has 0 aliphatic rings. The van der Waals surface area contributed by atoms with Gasteiger partial charge in [0, 0.05) is 13.1 Å². The van der Waals surface area contributed by atoms with Crippen LogP contribution in [0, 0.1) is 0 Å². The molecule has 9 heteroatoms. The zero-order chi connectivity index (χ0) is 26.8. The highest BCUT2D eigenvalue weighted by molar-refractivity contribution is 7.92. The van der Waals surface area contributed by atoms with Gasteiger partial charge in [0.1, 0.15) is 18.3 Å². The van der Waals surface area contributed by atoms with Gasteiger partial charge in [0.15, 0.2) is 0 Å². The van der Waals surface area contributed by atoms with Gasteiger partial charge >= 0.3 is 0 Å². The van der Waals surface area contributed by atoms with Crippen molar-refractivity contribution in [3.05, 3.63) is 90.5 Å². The topological polar surface area (TPSA) is 96.0 Å². The van der Waals surface area contributed by atoms with E-state index in [1.807, 2.05) is 30.3 Å². The van der Waals surface area contributed by atoms with Gasteiger partial charge in [-0.3, -0.25) is 13.9 Å². The van der Waals surface area contributed by atoms with Crippen LogP contribution in [0.4, 0.5) is 5.69 Å². The van der Waals surface area contributed by atoms with Crippen LogP contribution in [0.5, 0.6) is 5.75 Å². The van der Waals surface area contributed by atoms with Crippen molar-refractivity contribution in [1.82, 2.24) is 10.2 Å². The molecule has 0 aromatic heterocycles. The maximum absolute atomic E-state index is 13.8. The second-order valence-electron chi connectivity index (χ2n) is 8.30. The normalized spacial score (nSPS) is 11.9. The summed E-state index contributed by atoms with van der Waals surface area (Å²) in [4.78, 5) is 28.0. The van der Waals surface area contributed by atoms with E-state index in [0.717, 1.165) is 9.87 Å². The average molecular weight is 524 g/mol. The molecule has 0 fully saturated rings. The van der Waals surface area contributed by atoms with E-state index in [-0.39, 0.29) is 23.0 Å². The summed E-state index contributed by atoms with van der Waals surface area (Å²) < 4.78 is 34.4. The van der Waals surface area contributed by atoms with Crippen LogP contribution >= 0.6 is 0 Å². The minimum Gasteiger partial charge on any atom is -0.492 e. The summed E-state index contributed by atoms with van der Waals surface area (Å²) in [6, 6.07) is 23.1. The fraction of sp³-hybridized carbons (Fsp3) is 0.286. The first-order chi connectivity index (χ1) is 17.8. The Morgan fingerprint density at radius 3 is 2.11 bits per heavy atom. The molecule has 0 spiro atoms. The van der Waals surface area contributed by atoms with Gasteiger partial charge in [-0.1, -0.05) is 60.7 Å². The monoisotopic (exact) mass is 523 g/mol. The van der Waals surface area contributed by atoms with Crippen molar-refractivity contribution in [2.75, 3.05) is 24.0 Å². The Labute approximate surface area is 218 Å². The van der Waals surface area contributed by atoms with Gasteiger partial charge in [-0.05, 0) is 50.6 Å². The van der Waals surface area contributed by atoms with Crippen LogP contribution in [0.25, 0.3) is 0 Å². The number of nitrogens with one attached hydrogen (secondary N) is 1. The molecule has 1 unspecified atom stereocenters. The van der Waals surface area contributed by atoms with Crippen LogP contribution in [0.2, 0.25) is 0 Å². The van der Waals surface area contributed by atoms with E-state index >= 15 is 0 Å². The number of sulfonamides is 1. The second kappa shape index (κ2) is 12.9. The SMILES string of the molecule is CCNC(=O)C(C)N(Cc1ccccc1)C(=O)CN(c1ccccc1OCC)S(=O)(=O)c1ccccc1. The summed E-state index contributed by atoms with van der Waals surface area (Å²) in [5.41, 5.74) is 1.06. The molecule has 0 aliphatic heterocycles. The Kier molecular flexibility index (Phi) is 9.68. The second-order valence-corrected chi connectivity index (χ2v) is 10.2. The molecule has 8 nitrogen and oxygen atoms in total. The fourth-order valence-corrected chi connectivity index (χ4v) is 5.30. The molecule has 1 atom stereocenters. The van der Waals surface area contributed by atoms with Crippen LogP contribution in [0.15, 0.2) is 89.8 Å². The van der Waals surface area contributed by atoms with Gasteiger partial charge in [-0.2, -0.15) is 0 Å². The number of carbonyl (C=O) groups is 2. The van der Waals surface area contributed by atoms with Gasteiger partial charge in [-0.25, -0.2) is 8.42 Å². The standard InChI is InChI=1S/C28H33N3O5S/c1-4-29-28(33)22(3)30(20-23-14-8-6-9-15-23)27(32)21-31(25-18-12-13-19-26(25)36-5-2)37(34,35)24-16-10-7-11-17-24/h6-19,22H,4-5,20-21H2,1-3H3,(H,29,33). The third-order valence-electron chi connectivity index (χ3n) is 5.76. The Hall–Kier alpha value is -3.85. The summed E-state index contributed by atoms with van der Waals surface area (Å²) in [5.74, 6) is -0.504. The van der Waals surface area contributed by atoms with Gasteiger partial charge in [0.05, 0.1) is 17.2 Å². The number of amides is 2. The highest BCUT2D eigenvalue weighted by Gasteiger charge is 2.33. The van der Waals surface area contributed by atoms with E-state index in [2.05, 4.69) is 5.32 Å². The third kappa shape index (κ3) is 6.89. The maximum Gasteiger partial charge on any atom is 0.264 e. The molecule has 3 rings (SSSR count). The summed E-state index contributed by atoms with van der Waals surface area (Å²) >= 11 is 0. The van der Waals surface area contributed by atoms with E-state index in [0.29, 0.717) is 18.9 Å². The van der Waals surface area contributed by atoms with Gasteiger partial charge in [0.25, 0.3) is 10.0 Å². The van der Waals surface area contributed by atoms with Crippen LogP contribution < -0.4 is 14.4 Å². The Morgan fingerprint density at radius 2 is 1.49 bits per heavy atom. The van der Waals surface area contributed by atoms with E-state index < -0.39 is 28.5 Å². The number of carbonyl (C=O) groups excluding carboxylic acids is 2. The highest BCUT2D eigenvalue weighted by Crippen LogP contribution is 2.32. The molecular weight excluding hydrogens is 490 g/mol. The first-order valence-corrected chi connectivity index (χ1v) is 13.6. The highest BCUT2D eigenvalue weighted by atomic mass is 32.2. The zero-order valence-electron chi connectivity index (χ0n) is 21.3. The van der Waals surface area contributed by atoms with Crippen LogP contribution in [-0.2, 0) is 26.2 Å². The molecule has 0 heterocycles. The number of likely N-dealkylation sites (N-methyl/N-ethyl adjacent to an activating group) is 1. The molecule has 0 saturated heterocycles. The summed E-state index contributed by atoms with van der Waals surface area (Å²) in [6.07, 6.45) is 0. The molecule has 1 N–H and O–H groups in total. The largest absolute Gasteiger partial charge is 0.492 e. The van der Waals surface area contributed by atoms with Crippen LogP contribution in [0.3, 0.4) is 0 Å². The summed E-state index contributed by atoms with van der Waals surface area (Å²) in [5, 5.41) is 2.75. The minimum absolute atomic E-state index is 0.0421. The van der Waals surface area contributed by atoms with Crippen molar-refractivity contribution < 1.29 is 22.7 Å². The molecule has 0 radical (unpaired) electrons. The average Bonchev–Trinajstić information content (AvgIpc) is 2.91. The number of hydrogen-bond donors (Lipinski definition) is 1. The van der Waals surface area contributed by atoms with Crippen LogP contribution in [-0.4, -0.2) is 50.9 Å². The molecular formula is C28H33N3O5S. The first kappa shape index (κ1) is 27.7. The molecule has 0 saturated carbocycles. The van der Waals surface area contributed by atoms with Crippen molar-refractivity contribution in [2.24, 2.45) is 0 Å². The Morgan fingerprint density at radius 1 is 0.892 bits per heavy atom. The number of anilines is 1. The van der Waals surface area contributed by atoms with Crippen molar-refractivity contribution in [1.29, 1.82) is 0 Å². The predicted octanol–water partition coefficient (Wildman–Crippen LogP) is 3.83. The number of para-hydroxylation sites is 2. The summed E-state index contributed by atoms with van der Waals surface area (Å²) in [7, 11) is -4.15. The van der Waals surface area contributed by atoms with E-state index in [1.165, 1.54) is 17.0 Å². The van der Waals surface area contributed by atoms with Crippen molar-refractivity contribution in [3.8, 4) is 5.75 Å². The van der Waals surface area contributed by atoms with Crippen molar-refractivity contribution in [2.45, 2.75) is 38.3 Å². The lowest BCUT2D eigenvalue weighted by atomic mass is 10.1. The van der Waals surface area contributed by atoms with Gasteiger partial charge in [0.2, 0.25) is 11.8 Å². The number of hydrogen-bond acceptors (Lipinski definition) is 5. The quantitative estimate of drug-likeness (QED) is 0.389. The predicted molar refractivity (Wildman–Crippen MR) is 144 cm³/mol. The lowest BCUT2D eigenvalue weighted by Gasteiger charge is -2.32. The fourth-order valence-electron chi connectivity index (χ4n) is 3.86. The van der Waals surface area contributed by atoms with Gasteiger partial charge in [-0.15, -0.1) is 0 Å². The number of nitrogens with zero attached hydrogens (tertiary/aromatic N) is 2. The Bertz CT molecular complexity index is 1280. The minimum atomic E-state index is -4.15. The zero-order valence-corrected chi connectivity index (χ0v) is 22.1. The number of ether oxygens (including phenoxy) is 1. The van der Waals surface area contributed by atoms with Crippen molar-refractivity contribution >= 4 is 27.5 Å². The molecule has 0 bridgehead atoms. The molecule has 0 aliphatic carbocycles. The number of benzene rings is 3. The van der Waals surface area contributed by atoms with Gasteiger partial charge < -0.3 is 15.0 Å². The number of rotatable bonds is 12. The van der Waals surface area contributed by atoms with E-state index in [9.17, 15) is 18.0 Å². The Balaban J connectivity index is 2.06. The van der Waals surface area contributed by atoms with E-state index in [1.54, 1.807) is 63.2 Å². The smallest absolute Gasteiger partial charge is 0.264 e. The third-order valence-corrected chi connectivity index (χ3v) is 7.53. The van der Waals surface area contributed by atoms with Crippen LogP contribution in [0.1, 0.15) is 26.3 Å². The molecule has 37 heavy (non-hydrogen) atoms. The first-order valence-electron chi connectivity index (χ1n) is 12.2. The van der Waals surface area contributed by atoms with Crippen molar-refractivity contribution in [3.63, 3.8) is 0 Å². The molecule has 2 amide bonds. The molecule has 3 aromatic carbocycles. The molecule has 3 aromatic rings.